The molecule has 1 heterocycles. The zero-order valence-electron chi connectivity index (χ0n) is 16.6. The Morgan fingerprint density at radius 2 is 1.69 bits per heavy atom. The lowest BCUT2D eigenvalue weighted by Gasteiger charge is -2.11. The van der Waals surface area contributed by atoms with Crippen LogP contribution in [0.1, 0.15) is 46.0 Å². The van der Waals surface area contributed by atoms with E-state index in [9.17, 15) is 9.59 Å². The molecule has 0 fully saturated rings. The molecule has 0 saturated heterocycles. The van der Waals surface area contributed by atoms with Crippen LogP contribution in [0.15, 0.2) is 67.0 Å². The monoisotopic (exact) mass is 389 g/mol. The molecule has 0 spiro atoms. The van der Waals surface area contributed by atoms with Gasteiger partial charge in [0.05, 0.1) is 35.8 Å². The molecule has 0 radical (unpaired) electrons. The summed E-state index contributed by atoms with van der Waals surface area (Å²) >= 11 is 0. The van der Waals surface area contributed by atoms with Crippen LogP contribution < -0.4 is 10.6 Å². The second-order valence-electron chi connectivity index (χ2n) is 6.86. The number of hydrogen-bond acceptors (Lipinski definition) is 5. The maximum Gasteiger partial charge on any atom is 0.339 e. The Labute approximate surface area is 169 Å². The Bertz CT molecular complexity index is 1010. The molecule has 6 nitrogen and oxygen atoms in total. The highest BCUT2D eigenvalue weighted by Gasteiger charge is 2.15. The molecule has 3 aromatic rings. The molecule has 1 amide bonds. The lowest BCUT2D eigenvalue weighted by atomic mass is 10.0. The third kappa shape index (κ3) is 4.99. The minimum Gasteiger partial charge on any atom is -0.465 e. The Kier molecular flexibility index (Phi) is 6.24. The normalized spacial score (nSPS) is 10.5. The third-order valence-electron chi connectivity index (χ3n) is 4.45. The van der Waals surface area contributed by atoms with E-state index in [1.54, 1.807) is 36.5 Å². The fraction of sp³-hybridized carbons (Fsp3) is 0.174. The summed E-state index contributed by atoms with van der Waals surface area (Å²) in [5.74, 6) is -0.419. The number of carbonyl (C=O) groups excluding carboxylic acids is 2. The van der Waals surface area contributed by atoms with Gasteiger partial charge in [-0.25, -0.2) is 4.79 Å². The number of nitrogens with zero attached hydrogens (tertiary/aromatic N) is 1. The van der Waals surface area contributed by atoms with Gasteiger partial charge < -0.3 is 15.4 Å². The SMILES string of the molecule is COC(=O)c1ccccc1NC(=O)c1cncc(Nc2ccc(C(C)C)cc2)c1. The zero-order valence-corrected chi connectivity index (χ0v) is 16.6. The highest BCUT2D eigenvalue weighted by atomic mass is 16.5. The van der Waals surface area contributed by atoms with Gasteiger partial charge in [0, 0.05) is 11.9 Å². The second kappa shape index (κ2) is 9.01. The number of nitrogens with one attached hydrogen (secondary N) is 2. The molecule has 3 rings (SSSR count). The first kappa shape index (κ1) is 20.1. The van der Waals surface area contributed by atoms with Crippen molar-refractivity contribution in [1.82, 2.24) is 4.98 Å². The summed E-state index contributed by atoms with van der Waals surface area (Å²) in [6.07, 6.45) is 3.12. The maximum atomic E-state index is 12.7. The van der Waals surface area contributed by atoms with Crippen molar-refractivity contribution in [2.75, 3.05) is 17.7 Å². The van der Waals surface area contributed by atoms with Gasteiger partial charge in [-0.3, -0.25) is 9.78 Å². The Morgan fingerprint density at radius 1 is 0.966 bits per heavy atom. The average molecular weight is 389 g/mol. The molecule has 0 saturated carbocycles. The molecule has 0 unspecified atom stereocenters. The van der Waals surface area contributed by atoms with E-state index in [1.165, 1.54) is 18.9 Å². The second-order valence-corrected chi connectivity index (χ2v) is 6.86. The molecule has 2 N–H and O–H groups in total. The summed E-state index contributed by atoms with van der Waals surface area (Å²) in [4.78, 5) is 28.7. The fourth-order valence-electron chi connectivity index (χ4n) is 2.83. The number of amides is 1. The molecule has 6 heteroatoms. The van der Waals surface area contributed by atoms with Crippen molar-refractivity contribution in [2.24, 2.45) is 0 Å². The molecule has 1 aromatic heterocycles. The molecule has 0 atom stereocenters. The molecule has 0 aliphatic heterocycles. The van der Waals surface area contributed by atoms with Crippen LogP contribution in [-0.2, 0) is 4.74 Å². The van der Waals surface area contributed by atoms with E-state index >= 15 is 0 Å². The molecule has 0 aliphatic rings. The maximum absolute atomic E-state index is 12.7. The third-order valence-corrected chi connectivity index (χ3v) is 4.45. The van der Waals surface area contributed by atoms with E-state index in [1.807, 2.05) is 12.1 Å². The summed E-state index contributed by atoms with van der Waals surface area (Å²) in [6, 6.07) is 16.5. The van der Waals surface area contributed by atoms with Crippen molar-refractivity contribution in [3.63, 3.8) is 0 Å². The van der Waals surface area contributed by atoms with Crippen LogP contribution >= 0.6 is 0 Å². The first-order chi connectivity index (χ1) is 14.0. The minimum atomic E-state index is -0.515. The van der Waals surface area contributed by atoms with Crippen molar-refractivity contribution in [3.05, 3.63) is 83.7 Å². The van der Waals surface area contributed by atoms with Crippen LogP contribution in [0, 0.1) is 0 Å². The fourth-order valence-corrected chi connectivity index (χ4v) is 2.83. The van der Waals surface area contributed by atoms with Crippen molar-refractivity contribution >= 4 is 28.9 Å². The quantitative estimate of drug-likeness (QED) is 0.581. The number of aromatic nitrogens is 1. The number of rotatable bonds is 6. The molecule has 148 valence electrons. The number of para-hydroxylation sites is 1. The van der Waals surface area contributed by atoms with Crippen LogP contribution in [-0.4, -0.2) is 24.0 Å². The van der Waals surface area contributed by atoms with Gasteiger partial charge in [0.1, 0.15) is 0 Å². The molecule has 2 aromatic carbocycles. The summed E-state index contributed by atoms with van der Waals surface area (Å²) in [7, 11) is 1.30. The number of carbonyl (C=O) groups is 2. The van der Waals surface area contributed by atoms with Crippen molar-refractivity contribution in [2.45, 2.75) is 19.8 Å². The van der Waals surface area contributed by atoms with Gasteiger partial charge in [0.15, 0.2) is 0 Å². The van der Waals surface area contributed by atoms with Crippen LogP contribution in [0.4, 0.5) is 17.1 Å². The average Bonchev–Trinajstić information content (AvgIpc) is 2.74. The highest BCUT2D eigenvalue weighted by Crippen LogP contribution is 2.22. The van der Waals surface area contributed by atoms with Gasteiger partial charge in [0.25, 0.3) is 5.91 Å². The predicted molar refractivity (Wildman–Crippen MR) is 114 cm³/mol. The molecular formula is C23H23N3O3. The number of pyridine rings is 1. The highest BCUT2D eigenvalue weighted by molar-refractivity contribution is 6.08. The molecule has 0 bridgehead atoms. The Hall–Kier alpha value is -3.67. The van der Waals surface area contributed by atoms with Gasteiger partial charge in [0.2, 0.25) is 0 Å². The standard InChI is InChI=1S/C23H23N3O3/c1-15(2)16-8-10-18(11-9-16)25-19-12-17(13-24-14-19)22(27)26-21-7-5-4-6-20(21)23(28)29-3/h4-15,25H,1-3H3,(H,26,27). The van der Waals surface area contributed by atoms with E-state index < -0.39 is 5.97 Å². The predicted octanol–water partition coefficient (Wildman–Crippen LogP) is 4.99. The van der Waals surface area contributed by atoms with Crippen molar-refractivity contribution < 1.29 is 14.3 Å². The van der Waals surface area contributed by atoms with E-state index in [0.717, 1.165) is 5.69 Å². The largest absolute Gasteiger partial charge is 0.465 e. The zero-order chi connectivity index (χ0) is 20.8. The molecule has 29 heavy (non-hydrogen) atoms. The van der Waals surface area contributed by atoms with Gasteiger partial charge >= 0.3 is 5.97 Å². The summed E-state index contributed by atoms with van der Waals surface area (Å²) in [5, 5.41) is 6.00. The van der Waals surface area contributed by atoms with Crippen LogP contribution in [0.25, 0.3) is 0 Å². The number of methoxy groups -OCH3 is 1. The van der Waals surface area contributed by atoms with Gasteiger partial charge in [-0.2, -0.15) is 0 Å². The number of benzene rings is 2. The molecule has 0 aliphatic carbocycles. The van der Waals surface area contributed by atoms with Crippen LogP contribution in [0.5, 0.6) is 0 Å². The Morgan fingerprint density at radius 3 is 2.38 bits per heavy atom. The van der Waals surface area contributed by atoms with Crippen molar-refractivity contribution in [3.8, 4) is 0 Å². The minimum absolute atomic E-state index is 0.288. The summed E-state index contributed by atoms with van der Waals surface area (Å²) in [5.41, 5.74) is 3.89. The van der Waals surface area contributed by atoms with Crippen LogP contribution in [0.3, 0.4) is 0 Å². The topological polar surface area (TPSA) is 80.3 Å². The molecular weight excluding hydrogens is 366 g/mol. The first-order valence-corrected chi connectivity index (χ1v) is 9.28. The summed E-state index contributed by atoms with van der Waals surface area (Å²) in [6.45, 7) is 4.29. The van der Waals surface area contributed by atoms with E-state index in [-0.39, 0.29) is 11.5 Å². The lowest BCUT2D eigenvalue weighted by Crippen LogP contribution is -2.15. The number of esters is 1. The van der Waals surface area contributed by atoms with Crippen molar-refractivity contribution in [1.29, 1.82) is 0 Å². The first-order valence-electron chi connectivity index (χ1n) is 9.28. The van der Waals surface area contributed by atoms with E-state index in [2.05, 4.69) is 41.6 Å². The number of ether oxygens (including phenoxy) is 1. The smallest absolute Gasteiger partial charge is 0.339 e. The number of hydrogen-bond donors (Lipinski definition) is 2. The van der Waals surface area contributed by atoms with Gasteiger partial charge in [-0.05, 0) is 41.8 Å². The van der Waals surface area contributed by atoms with E-state index in [4.69, 9.17) is 4.74 Å². The Balaban J connectivity index is 1.76. The number of anilines is 3. The lowest BCUT2D eigenvalue weighted by molar-refractivity contribution is 0.0602. The van der Waals surface area contributed by atoms with E-state index in [0.29, 0.717) is 22.9 Å². The summed E-state index contributed by atoms with van der Waals surface area (Å²) < 4.78 is 4.76. The van der Waals surface area contributed by atoms with Gasteiger partial charge in [-0.15, -0.1) is 0 Å². The van der Waals surface area contributed by atoms with Crippen LogP contribution in [0.2, 0.25) is 0 Å². The van der Waals surface area contributed by atoms with Gasteiger partial charge in [-0.1, -0.05) is 38.1 Å².